The molecular weight excluding hydrogens is 278 g/mol. The molecule has 1 saturated heterocycles. The van der Waals surface area contributed by atoms with E-state index in [0.717, 1.165) is 0 Å². The van der Waals surface area contributed by atoms with Crippen LogP contribution < -0.4 is 11.5 Å². The molecular formula is C12H17N5O4. The van der Waals surface area contributed by atoms with Crippen LogP contribution >= 0.6 is 0 Å². The SMILES string of the molecule is C[C@]1(O)CO[C@](CO)(n2ccc3c(N)nc(N)nc32)[C@H]1O. The fourth-order valence-electron chi connectivity index (χ4n) is 2.68. The lowest BCUT2D eigenvalue weighted by molar-refractivity contribution is -0.154. The van der Waals surface area contributed by atoms with Crippen LogP contribution in [-0.4, -0.2) is 54.8 Å². The third-order valence-corrected chi connectivity index (χ3v) is 3.86. The van der Waals surface area contributed by atoms with E-state index in [1.165, 1.54) is 11.5 Å². The van der Waals surface area contributed by atoms with Crippen LogP contribution in [0.2, 0.25) is 0 Å². The van der Waals surface area contributed by atoms with Gasteiger partial charge in [0.05, 0.1) is 18.6 Å². The van der Waals surface area contributed by atoms with Gasteiger partial charge >= 0.3 is 0 Å². The van der Waals surface area contributed by atoms with Crippen molar-refractivity contribution in [1.29, 1.82) is 0 Å². The average molecular weight is 295 g/mol. The summed E-state index contributed by atoms with van der Waals surface area (Å²) >= 11 is 0. The second-order valence-corrected chi connectivity index (χ2v) is 5.44. The molecule has 1 fully saturated rings. The molecule has 9 heteroatoms. The molecule has 114 valence electrons. The van der Waals surface area contributed by atoms with Gasteiger partial charge in [0.25, 0.3) is 0 Å². The van der Waals surface area contributed by atoms with Crippen LogP contribution in [0.25, 0.3) is 11.0 Å². The number of hydrogen-bond acceptors (Lipinski definition) is 8. The maximum Gasteiger partial charge on any atom is 0.223 e. The number of aliphatic hydroxyl groups excluding tert-OH is 2. The number of nitrogen functional groups attached to an aromatic ring is 2. The van der Waals surface area contributed by atoms with Crippen LogP contribution in [0.15, 0.2) is 12.3 Å². The molecule has 0 radical (unpaired) electrons. The smallest absolute Gasteiger partial charge is 0.223 e. The Morgan fingerprint density at radius 2 is 2.19 bits per heavy atom. The summed E-state index contributed by atoms with van der Waals surface area (Å²) in [7, 11) is 0. The third-order valence-electron chi connectivity index (χ3n) is 3.86. The third kappa shape index (κ3) is 1.79. The van der Waals surface area contributed by atoms with Crippen molar-refractivity contribution in [2.45, 2.75) is 24.4 Å². The molecule has 0 saturated carbocycles. The van der Waals surface area contributed by atoms with E-state index in [1.807, 2.05) is 0 Å². The molecule has 3 heterocycles. The molecule has 2 aromatic heterocycles. The molecule has 3 rings (SSSR count). The minimum absolute atomic E-state index is 0.0349. The van der Waals surface area contributed by atoms with Gasteiger partial charge in [-0.3, -0.25) is 4.57 Å². The van der Waals surface area contributed by atoms with Crippen molar-refractivity contribution in [3.8, 4) is 0 Å². The van der Waals surface area contributed by atoms with E-state index in [0.29, 0.717) is 11.0 Å². The van der Waals surface area contributed by atoms with Crippen LogP contribution in [-0.2, 0) is 10.5 Å². The first-order valence-electron chi connectivity index (χ1n) is 6.37. The standard InChI is InChI=1S/C12H17N5O4/c1-11(20)5-21-12(4-18,9(11)19)17-3-2-6-7(13)15-10(14)16-8(6)17/h2-3,9,18-20H,4-5H2,1H3,(H4,13,14,15,16)/t9-,11-,12-/m0/s1. The summed E-state index contributed by atoms with van der Waals surface area (Å²) in [4.78, 5) is 7.94. The van der Waals surface area contributed by atoms with Gasteiger partial charge in [-0.05, 0) is 13.0 Å². The average Bonchev–Trinajstić information content (AvgIpc) is 2.93. The zero-order chi connectivity index (χ0) is 15.4. The minimum Gasteiger partial charge on any atom is -0.391 e. The molecule has 0 unspecified atom stereocenters. The highest BCUT2D eigenvalue weighted by Gasteiger charge is 2.56. The molecule has 0 bridgehead atoms. The number of fused-ring (bicyclic) bond motifs is 1. The number of aromatic nitrogens is 3. The summed E-state index contributed by atoms with van der Waals surface area (Å²) in [5.41, 5.74) is 8.63. The number of nitrogens with zero attached hydrogens (tertiary/aromatic N) is 3. The van der Waals surface area contributed by atoms with Crippen molar-refractivity contribution < 1.29 is 20.1 Å². The van der Waals surface area contributed by atoms with Crippen molar-refractivity contribution in [3.63, 3.8) is 0 Å². The first kappa shape index (κ1) is 14.0. The van der Waals surface area contributed by atoms with Crippen molar-refractivity contribution >= 4 is 22.8 Å². The van der Waals surface area contributed by atoms with E-state index in [2.05, 4.69) is 9.97 Å². The molecule has 9 nitrogen and oxygen atoms in total. The first-order chi connectivity index (χ1) is 9.82. The van der Waals surface area contributed by atoms with Gasteiger partial charge in [-0.15, -0.1) is 0 Å². The molecule has 0 aromatic carbocycles. The van der Waals surface area contributed by atoms with E-state index in [1.54, 1.807) is 12.3 Å². The molecule has 1 aliphatic rings. The van der Waals surface area contributed by atoms with Crippen molar-refractivity contribution in [3.05, 3.63) is 12.3 Å². The van der Waals surface area contributed by atoms with Crippen LogP contribution in [0.3, 0.4) is 0 Å². The topological polar surface area (TPSA) is 153 Å². The van der Waals surface area contributed by atoms with Gasteiger partial charge in [-0.25, -0.2) is 0 Å². The summed E-state index contributed by atoms with van der Waals surface area (Å²) in [5.74, 6) is 0.149. The maximum absolute atomic E-state index is 10.4. The monoisotopic (exact) mass is 295 g/mol. The van der Waals surface area contributed by atoms with Gasteiger partial charge in [-0.1, -0.05) is 0 Å². The molecule has 3 atom stereocenters. The number of rotatable bonds is 2. The maximum atomic E-state index is 10.4. The van der Waals surface area contributed by atoms with Gasteiger partial charge in [-0.2, -0.15) is 9.97 Å². The molecule has 2 aromatic rings. The minimum atomic E-state index is -1.56. The van der Waals surface area contributed by atoms with Crippen LogP contribution in [0.5, 0.6) is 0 Å². The molecule has 0 aliphatic carbocycles. The van der Waals surface area contributed by atoms with Crippen LogP contribution in [0, 0.1) is 0 Å². The lowest BCUT2D eigenvalue weighted by Gasteiger charge is -2.33. The number of anilines is 2. The quantitative estimate of drug-likeness (QED) is 0.443. The van der Waals surface area contributed by atoms with E-state index >= 15 is 0 Å². The largest absolute Gasteiger partial charge is 0.391 e. The van der Waals surface area contributed by atoms with Gasteiger partial charge in [0.1, 0.15) is 23.2 Å². The Kier molecular flexibility index (Phi) is 2.85. The van der Waals surface area contributed by atoms with Gasteiger partial charge in [0.2, 0.25) is 5.95 Å². The zero-order valence-corrected chi connectivity index (χ0v) is 11.4. The lowest BCUT2D eigenvalue weighted by atomic mass is 9.95. The lowest BCUT2D eigenvalue weighted by Crippen LogP contribution is -2.52. The Labute approximate surface area is 119 Å². The molecule has 0 amide bonds. The highest BCUT2D eigenvalue weighted by molar-refractivity contribution is 5.87. The summed E-state index contributed by atoms with van der Waals surface area (Å²) in [6.45, 7) is 0.737. The highest BCUT2D eigenvalue weighted by Crippen LogP contribution is 2.39. The van der Waals surface area contributed by atoms with Gasteiger partial charge in [0.15, 0.2) is 5.72 Å². The van der Waals surface area contributed by atoms with Gasteiger partial charge < -0.3 is 31.5 Å². The van der Waals surface area contributed by atoms with E-state index in [-0.39, 0.29) is 18.4 Å². The predicted octanol–water partition coefficient (Wildman–Crippen LogP) is -1.62. The second kappa shape index (κ2) is 4.28. The predicted molar refractivity (Wildman–Crippen MR) is 74.0 cm³/mol. The second-order valence-electron chi connectivity index (χ2n) is 5.44. The van der Waals surface area contributed by atoms with Crippen molar-refractivity contribution in [1.82, 2.24) is 14.5 Å². The summed E-state index contributed by atoms with van der Waals surface area (Å²) in [6.07, 6.45) is 0.193. The molecule has 21 heavy (non-hydrogen) atoms. The molecule has 1 aliphatic heterocycles. The Morgan fingerprint density at radius 3 is 2.76 bits per heavy atom. The summed E-state index contributed by atoms with van der Waals surface area (Å²) in [6, 6.07) is 1.63. The normalized spacial score (nSPS) is 32.9. The van der Waals surface area contributed by atoms with Crippen molar-refractivity contribution in [2.75, 3.05) is 24.7 Å². The zero-order valence-electron chi connectivity index (χ0n) is 11.4. The summed E-state index contributed by atoms with van der Waals surface area (Å²) in [5, 5.41) is 30.8. The number of nitrogens with two attached hydrogens (primary N) is 2. The number of hydrogen-bond donors (Lipinski definition) is 5. The first-order valence-corrected chi connectivity index (χ1v) is 6.37. The fourth-order valence-corrected chi connectivity index (χ4v) is 2.68. The Morgan fingerprint density at radius 1 is 1.48 bits per heavy atom. The van der Waals surface area contributed by atoms with E-state index < -0.39 is 24.0 Å². The molecule has 7 N–H and O–H groups in total. The van der Waals surface area contributed by atoms with E-state index in [4.69, 9.17) is 16.2 Å². The van der Waals surface area contributed by atoms with Crippen LogP contribution in [0.4, 0.5) is 11.8 Å². The van der Waals surface area contributed by atoms with Crippen LogP contribution in [0.1, 0.15) is 6.92 Å². The van der Waals surface area contributed by atoms with E-state index in [9.17, 15) is 15.3 Å². The fraction of sp³-hybridized carbons (Fsp3) is 0.500. The Hall–Kier alpha value is -1.94. The number of ether oxygens (including phenoxy) is 1. The number of aliphatic hydroxyl groups is 3. The Bertz CT molecular complexity index is 700. The Balaban J connectivity index is 2.24. The summed E-state index contributed by atoms with van der Waals surface area (Å²) < 4.78 is 6.94. The van der Waals surface area contributed by atoms with Gasteiger partial charge in [0, 0.05) is 6.20 Å². The molecule has 0 spiro atoms. The highest BCUT2D eigenvalue weighted by atomic mass is 16.6. The van der Waals surface area contributed by atoms with Crippen molar-refractivity contribution in [2.24, 2.45) is 0 Å².